The van der Waals surface area contributed by atoms with Crippen molar-refractivity contribution in [1.29, 1.82) is 0 Å². The number of aryl methyl sites for hydroxylation is 2. The Labute approximate surface area is 120 Å². The molecule has 3 rings (SSSR count). The van der Waals surface area contributed by atoms with Crippen LogP contribution < -0.4 is 5.32 Å². The van der Waals surface area contributed by atoms with Crippen molar-refractivity contribution < 1.29 is 0 Å². The SMILES string of the molecule is Cc1nn(C)c(CNC2CCN3CCCC3C2)c1Cl. The van der Waals surface area contributed by atoms with Gasteiger partial charge in [0.05, 0.1) is 16.4 Å². The highest BCUT2D eigenvalue weighted by molar-refractivity contribution is 6.31. The first-order valence-electron chi connectivity index (χ1n) is 7.30. The lowest BCUT2D eigenvalue weighted by atomic mass is 9.97. The fourth-order valence-electron chi connectivity index (χ4n) is 3.52. The van der Waals surface area contributed by atoms with Crippen molar-refractivity contribution in [2.75, 3.05) is 13.1 Å². The van der Waals surface area contributed by atoms with Crippen molar-refractivity contribution in [3.63, 3.8) is 0 Å². The molecule has 2 fully saturated rings. The van der Waals surface area contributed by atoms with E-state index in [2.05, 4.69) is 15.3 Å². The van der Waals surface area contributed by atoms with E-state index in [4.69, 9.17) is 11.6 Å². The highest BCUT2D eigenvalue weighted by atomic mass is 35.5. The first kappa shape index (κ1) is 13.4. The molecule has 1 aromatic rings. The van der Waals surface area contributed by atoms with Gasteiger partial charge in [0.15, 0.2) is 0 Å². The normalized spacial score (nSPS) is 27.7. The topological polar surface area (TPSA) is 33.1 Å². The van der Waals surface area contributed by atoms with Crippen LogP contribution in [0.2, 0.25) is 5.02 Å². The largest absolute Gasteiger partial charge is 0.308 e. The lowest BCUT2D eigenvalue weighted by molar-refractivity contribution is 0.166. The molecule has 2 unspecified atom stereocenters. The van der Waals surface area contributed by atoms with Gasteiger partial charge in [-0.05, 0) is 45.7 Å². The molecular weight excluding hydrogens is 260 g/mol. The number of rotatable bonds is 3. The maximum atomic E-state index is 6.29. The minimum atomic E-state index is 0.630. The van der Waals surface area contributed by atoms with E-state index in [9.17, 15) is 0 Å². The standard InChI is InChI=1S/C14H23ClN4/c1-10-14(15)13(18(2)17-10)9-16-11-5-7-19-6-3-4-12(19)8-11/h11-12,16H,3-9H2,1-2H3. The number of nitrogens with one attached hydrogen (secondary N) is 1. The summed E-state index contributed by atoms with van der Waals surface area (Å²) < 4.78 is 1.90. The van der Waals surface area contributed by atoms with Gasteiger partial charge in [-0.15, -0.1) is 0 Å². The Morgan fingerprint density at radius 3 is 2.95 bits per heavy atom. The number of halogens is 1. The minimum Gasteiger partial charge on any atom is -0.308 e. The molecule has 1 aromatic heterocycles. The molecule has 0 amide bonds. The van der Waals surface area contributed by atoms with Crippen molar-refractivity contribution in [1.82, 2.24) is 20.0 Å². The Morgan fingerprint density at radius 2 is 2.21 bits per heavy atom. The molecule has 0 saturated carbocycles. The smallest absolute Gasteiger partial charge is 0.0860 e. The summed E-state index contributed by atoms with van der Waals surface area (Å²) in [5.74, 6) is 0. The lowest BCUT2D eigenvalue weighted by Crippen LogP contribution is -2.45. The summed E-state index contributed by atoms with van der Waals surface area (Å²) in [7, 11) is 1.97. The van der Waals surface area contributed by atoms with Gasteiger partial charge in [0.25, 0.3) is 0 Å². The predicted octanol–water partition coefficient (Wildman–Crippen LogP) is 2.10. The van der Waals surface area contributed by atoms with Gasteiger partial charge in [0, 0.05) is 25.7 Å². The summed E-state index contributed by atoms with van der Waals surface area (Å²) in [6.07, 6.45) is 5.30. The Kier molecular flexibility index (Phi) is 3.83. The van der Waals surface area contributed by atoms with Crippen LogP contribution in [-0.4, -0.2) is 39.9 Å². The first-order valence-corrected chi connectivity index (χ1v) is 7.68. The summed E-state index contributed by atoms with van der Waals surface area (Å²) in [5.41, 5.74) is 2.03. The third kappa shape index (κ3) is 2.67. The molecule has 0 aromatic carbocycles. The van der Waals surface area contributed by atoms with Crippen LogP contribution in [0.4, 0.5) is 0 Å². The van der Waals surface area contributed by atoms with Crippen molar-refractivity contribution in [2.45, 2.75) is 51.2 Å². The molecular formula is C14H23ClN4. The second-order valence-corrected chi connectivity index (χ2v) is 6.28. The van der Waals surface area contributed by atoms with Crippen LogP contribution in [0.15, 0.2) is 0 Å². The molecule has 5 heteroatoms. The van der Waals surface area contributed by atoms with E-state index in [1.54, 1.807) is 0 Å². The summed E-state index contributed by atoms with van der Waals surface area (Å²) >= 11 is 6.29. The zero-order chi connectivity index (χ0) is 13.4. The average Bonchev–Trinajstić information content (AvgIpc) is 2.94. The van der Waals surface area contributed by atoms with Crippen LogP contribution in [0.1, 0.15) is 37.1 Å². The molecule has 0 spiro atoms. The third-order valence-corrected chi connectivity index (χ3v) is 5.13. The first-order chi connectivity index (χ1) is 9.15. The molecule has 2 aliphatic rings. The van der Waals surface area contributed by atoms with Crippen LogP contribution in [0, 0.1) is 6.92 Å². The zero-order valence-corrected chi connectivity index (χ0v) is 12.6. The monoisotopic (exact) mass is 282 g/mol. The van der Waals surface area contributed by atoms with Gasteiger partial charge in [-0.3, -0.25) is 4.68 Å². The van der Waals surface area contributed by atoms with Gasteiger partial charge in [-0.1, -0.05) is 11.6 Å². The van der Waals surface area contributed by atoms with Crippen LogP contribution in [0.3, 0.4) is 0 Å². The van der Waals surface area contributed by atoms with E-state index in [1.807, 2.05) is 18.7 Å². The molecule has 3 heterocycles. The third-order valence-electron chi connectivity index (χ3n) is 4.64. The number of nitrogens with zero attached hydrogens (tertiary/aromatic N) is 3. The highest BCUT2D eigenvalue weighted by Crippen LogP contribution is 2.27. The van der Waals surface area contributed by atoms with E-state index < -0.39 is 0 Å². The molecule has 2 atom stereocenters. The van der Waals surface area contributed by atoms with Crippen LogP contribution in [-0.2, 0) is 13.6 Å². The Morgan fingerprint density at radius 1 is 1.37 bits per heavy atom. The van der Waals surface area contributed by atoms with E-state index in [0.29, 0.717) is 6.04 Å². The lowest BCUT2D eigenvalue weighted by Gasteiger charge is -2.35. The molecule has 2 saturated heterocycles. The average molecular weight is 283 g/mol. The number of hydrogen-bond donors (Lipinski definition) is 1. The minimum absolute atomic E-state index is 0.630. The van der Waals surface area contributed by atoms with Crippen LogP contribution >= 0.6 is 11.6 Å². The van der Waals surface area contributed by atoms with E-state index in [-0.39, 0.29) is 0 Å². The molecule has 19 heavy (non-hydrogen) atoms. The number of hydrogen-bond acceptors (Lipinski definition) is 3. The summed E-state index contributed by atoms with van der Waals surface area (Å²) in [5, 5.41) is 8.85. The summed E-state index contributed by atoms with van der Waals surface area (Å²) in [6, 6.07) is 1.45. The predicted molar refractivity (Wildman–Crippen MR) is 77.4 cm³/mol. The maximum absolute atomic E-state index is 6.29. The Hall–Kier alpha value is -0.580. The van der Waals surface area contributed by atoms with Gasteiger partial charge in [-0.25, -0.2) is 0 Å². The number of aromatic nitrogens is 2. The Balaban J connectivity index is 1.57. The molecule has 0 bridgehead atoms. The van der Waals surface area contributed by atoms with Crippen molar-refractivity contribution in [3.05, 3.63) is 16.4 Å². The second-order valence-electron chi connectivity index (χ2n) is 5.90. The fourth-order valence-corrected chi connectivity index (χ4v) is 3.75. The van der Waals surface area contributed by atoms with Gasteiger partial charge in [0.2, 0.25) is 0 Å². The molecule has 0 aliphatic carbocycles. The molecule has 4 nitrogen and oxygen atoms in total. The van der Waals surface area contributed by atoms with Crippen molar-refractivity contribution >= 4 is 11.6 Å². The summed E-state index contributed by atoms with van der Waals surface area (Å²) in [6.45, 7) is 5.35. The maximum Gasteiger partial charge on any atom is 0.0860 e. The molecule has 2 aliphatic heterocycles. The highest BCUT2D eigenvalue weighted by Gasteiger charge is 2.31. The second kappa shape index (κ2) is 5.43. The van der Waals surface area contributed by atoms with Crippen molar-refractivity contribution in [2.24, 2.45) is 7.05 Å². The molecule has 106 valence electrons. The molecule has 1 N–H and O–H groups in total. The summed E-state index contributed by atoms with van der Waals surface area (Å²) in [4.78, 5) is 2.65. The van der Waals surface area contributed by atoms with Gasteiger partial charge in [-0.2, -0.15) is 5.10 Å². The number of fused-ring (bicyclic) bond motifs is 1. The van der Waals surface area contributed by atoms with E-state index in [1.165, 1.54) is 38.8 Å². The molecule has 0 radical (unpaired) electrons. The van der Waals surface area contributed by atoms with Gasteiger partial charge >= 0.3 is 0 Å². The Bertz CT molecular complexity index is 457. The fraction of sp³-hybridized carbons (Fsp3) is 0.786. The zero-order valence-electron chi connectivity index (χ0n) is 11.8. The van der Waals surface area contributed by atoms with Crippen molar-refractivity contribution in [3.8, 4) is 0 Å². The van der Waals surface area contributed by atoms with Gasteiger partial charge < -0.3 is 10.2 Å². The van der Waals surface area contributed by atoms with Crippen LogP contribution in [0.5, 0.6) is 0 Å². The van der Waals surface area contributed by atoms with E-state index in [0.717, 1.165) is 29.0 Å². The van der Waals surface area contributed by atoms with Gasteiger partial charge in [0.1, 0.15) is 0 Å². The number of piperidine rings is 1. The van der Waals surface area contributed by atoms with E-state index >= 15 is 0 Å². The van der Waals surface area contributed by atoms with Crippen LogP contribution in [0.25, 0.3) is 0 Å². The quantitative estimate of drug-likeness (QED) is 0.922.